The van der Waals surface area contributed by atoms with Crippen molar-refractivity contribution in [1.29, 1.82) is 0 Å². The monoisotopic (exact) mass is 280 g/mol. The van der Waals surface area contributed by atoms with Crippen LogP contribution in [0.1, 0.15) is 10.7 Å². The lowest BCUT2D eigenvalue weighted by atomic mass is 10.3. The van der Waals surface area contributed by atoms with Crippen molar-refractivity contribution < 1.29 is 4.92 Å². The standard InChI is InChI=1S/C10H12N6O2S/c1-6-14-7(5-19-6)2-3-12-9-8(16(17)18)4-13-10(11)15-9/h4-5H,2-3H2,1H3,(H3,11,12,13,15). The number of nitrogens with two attached hydrogens (primary N) is 1. The minimum atomic E-state index is -0.547. The number of anilines is 2. The van der Waals surface area contributed by atoms with Crippen LogP contribution >= 0.6 is 11.3 Å². The highest BCUT2D eigenvalue weighted by Gasteiger charge is 2.16. The molecule has 0 bridgehead atoms. The third-order valence-corrected chi connectivity index (χ3v) is 3.15. The Balaban J connectivity index is 2.02. The number of rotatable bonds is 5. The number of thiazole rings is 1. The Kier molecular flexibility index (Phi) is 3.85. The first-order chi connectivity index (χ1) is 9.06. The van der Waals surface area contributed by atoms with Gasteiger partial charge in [-0.15, -0.1) is 11.3 Å². The molecule has 9 heteroatoms. The summed E-state index contributed by atoms with van der Waals surface area (Å²) in [5, 5.41) is 16.6. The van der Waals surface area contributed by atoms with Gasteiger partial charge >= 0.3 is 5.69 Å². The molecule has 0 aromatic carbocycles. The molecular formula is C10H12N6O2S. The first kappa shape index (κ1) is 13.1. The van der Waals surface area contributed by atoms with Crippen LogP contribution in [0.3, 0.4) is 0 Å². The number of nitrogens with zero attached hydrogens (tertiary/aromatic N) is 4. The normalized spacial score (nSPS) is 10.4. The zero-order chi connectivity index (χ0) is 13.8. The van der Waals surface area contributed by atoms with Gasteiger partial charge in [0.25, 0.3) is 0 Å². The van der Waals surface area contributed by atoms with E-state index in [0.717, 1.165) is 16.9 Å². The Labute approximate surface area is 112 Å². The predicted molar refractivity (Wildman–Crippen MR) is 72.1 cm³/mol. The lowest BCUT2D eigenvalue weighted by molar-refractivity contribution is -0.384. The van der Waals surface area contributed by atoms with Gasteiger partial charge in [0.2, 0.25) is 11.8 Å². The number of nitro groups is 1. The zero-order valence-electron chi connectivity index (χ0n) is 10.2. The summed E-state index contributed by atoms with van der Waals surface area (Å²) in [7, 11) is 0. The van der Waals surface area contributed by atoms with Gasteiger partial charge in [-0.2, -0.15) is 4.98 Å². The van der Waals surface area contributed by atoms with E-state index in [9.17, 15) is 10.1 Å². The van der Waals surface area contributed by atoms with Crippen LogP contribution in [0.2, 0.25) is 0 Å². The molecule has 2 aromatic heterocycles. The minimum absolute atomic E-state index is 0.00222. The van der Waals surface area contributed by atoms with Gasteiger partial charge in [-0.05, 0) is 6.92 Å². The maximum atomic E-state index is 10.8. The van der Waals surface area contributed by atoms with Crippen LogP contribution in [0.5, 0.6) is 0 Å². The lowest BCUT2D eigenvalue weighted by Crippen LogP contribution is -2.10. The summed E-state index contributed by atoms with van der Waals surface area (Å²) < 4.78 is 0. The topological polar surface area (TPSA) is 120 Å². The van der Waals surface area contributed by atoms with E-state index in [0.29, 0.717) is 13.0 Å². The second kappa shape index (κ2) is 5.57. The van der Waals surface area contributed by atoms with Crippen molar-refractivity contribution in [1.82, 2.24) is 15.0 Å². The van der Waals surface area contributed by atoms with E-state index in [2.05, 4.69) is 20.3 Å². The fourth-order valence-corrected chi connectivity index (χ4v) is 2.13. The Morgan fingerprint density at radius 3 is 2.95 bits per heavy atom. The molecule has 100 valence electrons. The van der Waals surface area contributed by atoms with Crippen molar-refractivity contribution >= 4 is 28.8 Å². The van der Waals surface area contributed by atoms with Crippen LogP contribution in [-0.2, 0) is 6.42 Å². The second-order valence-corrected chi connectivity index (χ2v) is 4.82. The minimum Gasteiger partial charge on any atom is -0.368 e. The number of hydrogen-bond donors (Lipinski definition) is 2. The van der Waals surface area contributed by atoms with Crippen LogP contribution in [-0.4, -0.2) is 26.4 Å². The number of aryl methyl sites for hydroxylation is 1. The summed E-state index contributed by atoms with van der Waals surface area (Å²) in [6, 6.07) is 0. The van der Waals surface area contributed by atoms with Crippen LogP contribution in [0.4, 0.5) is 17.5 Å². The maximum absolute atomic E-state index is 10.8. The molecule has 0 unspecified atom stereocenters. The highest BCUT2D eigenvalue weighted by atomic mass is 32.1. The Morgan fingerprint density at radius 2 is 2.32 bits per heavy atom. The molecule has 0 saturated heterocycles. The Bertz CT molecular complexity index is 599. The van der Waals surface area contributed by atoms with Crippen LogP contribution in [0.25, 0.3) is 0 Å². The molecule has 8 nitrogen and oxygen atoms in total. The summed E-state index contributed by atoms with van der Waals surface area (Å²) in [6.07, 6.45) is 1.75. The molecule has 19 heavy (non-hydrogen) atoms. The van der Waals surface area contributed by atoms with Crippen molar-refractivity contribution in [2.24, 2.45) is 0 Å². The quantitative estimate of drug-likeness (QED) is 0.627. The molecule has 0 aliphatic rings. The molecule has 0 aliphatic heterocycles. The number of nitrogen functional groups attached to an aromatic ring is 1. The van der Waals surface area contributed by atoms with Crippen LogP contribution in [0, 0.1) is 17.0 Å². The van der Waals surface area contributed by atoms with E-state index in [1.807, 2.05) is 12.3 Å². The van der Waals surface area contributed by atoms with Crippen molar-refractivity contribution in [2.45, 2.75) is 13.3 Å². The van der Waals surface area contributed by atoms with Crippen LogP contribution in [0.15, 0.2) is 11.6 Å². The molecule has 0 aliphatic carbocycles. The average molecular weight is 280 g/mol. The van der Waals surface area contributed by atoms with Crippen molar-refractivity contribution in [3.05, 3.63) is 32.4 Å². The number of nitrogens with one attached hydrogen (secondary N) is 1. The Morgan fingerprint density at radius 1 is 1.53 bits per heavy atom. The van der Waals surface area contributed by atoms with Crippen LogP contribution < -0.4 is 11.1 Å². The van der Waals surface area contributed by atoms with Gasteiger partial charge in [0.1, 0.15) is 6.20 Å². The van der Waals surface area contributed by atoms with E-state index in [1.54, 1.807) is 11.3 Å². The lowest BCUT2D eigenvalue weighted by Gasteiger charge is -2.05. The van der Waals surface area contributed by atoms with Crippen molar-refractivity contribution in [3.8, 4) is 0 Å². The van der Waals surface area contributed by atoms with Gasteiger partial charge in [-0.1, -0.05) is 0 Å². The number of aromatic nitrogens is 3. The summed E-state index contributed by atoms with van der Waals surface area (Å²) in [6.45, 7) is 2.41. The molecule has 2 aromatic rings. The highest BCUT2D eigenvalue weighted by Crippen LogP contribution is 2.21. The largest absolute Gasteiger partial charge is 0.368 e. The van der Waals surface area contributed by atoms with E-state index in [-0.39, 0.29) is 17.5 Å². The molecule has 0 radical (unpaired) electrons. The van der Waals surface area contributed by atoms with E-state index in [4.69, 9.17) is 5.73 Å². The van der Waals surface area contributed by atoms with Gasteiger partial charge in [0.15, 0.2) is 0 Å². The molecule has 0 atom stereocenters. The summed E-state index contributed by atoms with van der Waals surface area (Å²) in [4.78, 5) is 22.0. The fraction of sp³-hybridized carbons (Fsp3) is 0.300. The molecule has 2 rings (SSSR count). The van der Waals surface area contributed by atoms with Gasteiger partial charge < -0.3 is 11.1 Å². The summed E-state index contributed by atoms with van der Waals surface area (Å²) in [5.74, 6) is 0.127. The van der Waals surface area contributed by atoms with Gasteiger partial charge in [-0.3, -0.25) is 10.1 Å². The third kappa shape index (κ3) is 3.35. The highest BCUT2D eigenvalue weighted by molar-refractivity contribution is 7.09. The average Bonchev–Trinajstić information content (AvgIpc) is 2.75. The Hall–Kier alpha value is -2.29. The summed E-state index contributed by atoms with van der Waals surface area (Å²) >= 11 is 1.57. The van der Waals surface area contributed by atoms with Crippen molar-refractivity contribution in [2.75, 3.05) is 17.6 Å². The molecule has 0 saturated carbocycles. The number of hydrogen-bond acceptors (Lipinski definition) is 8. The van der Waals surface area contributed by atoms with Gasteiger partial charge in [0, 0.05) is 18.3 Å². The van der Waals surface area contributed by atoms with Gasteiger partial charge in [0.05, 0.1) is 15.6 Å². The maximum Gasteiger partial charge on any atom is 0.329 e. The third-order valence-electron chi connectivity index (χ3n) is 2.32. The first-order valence-corrected chi connectivity index (χ1v) is 6.36. The first-order valence-electron chi connectivity index (χ1n) is 5.48. The van der Waals surface area contributed by atoms with E-state index in [1.165, 1.54) is 0 Å². The van der Waals surface area contributed by atoms with E-state index < -0.39 is 4.92 Å². The summed E-state index contributed by atoms with van der Waals surface area (Å²) in [5.41, 5.74) is 6.17. The zero-order valence-corrected chi connectivity index (χ0v) is 11.0. The predicted octanol–water partition coefficient (Wildman–Crippen LogP) is 1.39. The van der Waals surface area contributed by atoms with E-state index >= 15 is 0 Å². The second-order valence-electron chi connectivity index (χ2n) is 3.75. The fourth-order valence-electron chi connectivity index (χ4n) is 1.48. The molecule has 2 heterocycles. The van der Waals surface area contributed by atoms with Gasteiger partial charge in [-0.25, -0.2) is 9.97 Å². The molecular weight excluding hydrogens is 268 g/mol. The smallest absolute Gasteiger partial charge is 0.329 e. The van der Waals surface area contributed by atoms with Crippen molar-refractivity contribution in [3.63, 3.8) is 0 Å². The SMILES string of the molecule is Cc1nc(CCNc2nc(N)ncc2[N+](=O)[O-])cs1. The molecule has 0 spiro atoms. The molecule has 3 N–H and O–H groups in total. The molecule has 0 amide bonds. The molecule has 0 fully saturated rings.